The Bertz CT molecular complexity index is 3270. The molecule has 8 aromatic heterocycles. The molecule has 592 valence electrons. The number of unbranched alkanes of at least 4 members (excludes halogenated alkanes) is 6. The SMILES string of the molecule is CCCCCN(C)c1nc(N(C)C)n[nH]1.CCCCCNc1nc(N(C)C)n[nH]1.CCCCN(C)c1nc(N(C)C)n[nH]1.CCCCNc1nc(N(C)C)n[nH]1.CCCN(C)c1nc(N(C)C)n[nH]1.CCCNc1nc(N(C)C)n[nH]1.CCN(C)c1nc(N(C)C)n[nH]1.CCNc1nc(N(C)C)n[nH]1. The van der Waals surface area contributed by atoms with Gasteiger partial charge >= 0.3 is 0 Å². The second-order valence-corrected chi connectivity index (χ2v) is 25.6. The van der Waals surface area contributed by atoms with Crippen LogP contribution in [0.5, 0.6) is 0 Å². The molecule has 0 aromatic carbocycles. The van der Waals surface area contributed by atoms with Gasteiger partial charge in [-0.25, -0.2) is 40.8 Å². The molecule has 8 aromatic rings. The quantitative estimate of drug-likeness (QED) is 0.0173. The number of rotatable bonds is 36. The topological polar surface area (TPSA) is 420 Å². The third-order valence-corrected chi connectivity index (χ3v) is 14.1. The van der Waals surface area contributed by atoms with Crippen molar-refractivity contribution in [3.05, 3.63) is 0 Å². The molecule has 104 heavy (non-hydrogen) atoms. The minimum Gasteiger partial charge on any atom is -0.355 e. The number of anilines is 16. The minimum atomic E-state index is 0.695. The summed E-state index contributed by atoms with van der Waals surface area (Å²) >= 11 is 0. The van der Waals surface area contributed by atoms with E-state index in [1.165, 1.54) is 57.8 Å². The highest BCUT2D eigenvalue weighted by molar-refractivity contribution is 5.41. The van der Waals surface area contributed by atoms with Gasteiger partial charge in [-0.3, -0.25) is 0 Å². The average molecular weight is 1470 g/mol. The van der Waals surface area contributed by atoms with Crippen molar-refractivity contribution >= 4 is 95.2 Å². The maximum atomic E-state index is 4.37. The lowest BCUT2D eigenvalue weighted by atomic mass is 10.2. The smallest absolute Gasteiger partial charge is 0.245 e. The number of hydrogen-bond donors (Lipinski definition) is 12. The van der Waals surface area contributed by atoms with Gasteiger partial charge in [-0.2, -0.15) is 39.9 Å². The number of nitrogens with one attached hydrogen (secondary N) is 12. The van der Waals surface area contributed by atoms with Crippen LogP contribution in [-0.2, 0) is 0 Å². The fourth-order valence-electron chi connectivity index (χ4n) is 7.76. The van der Waals surface area contributed by atoms with Gasteiger partial charge in [0, 0.05) is 193 Å². The molecule has 40 heteroatoms. The van der Waals surface area contributed by atoms with Crippen molar-refractivity contribution in [3.8, 4) is 0 Å². The predicted molar refractivity (Wildman–Crippen MR) is 434 cm³/mol. The highest BCUT2D eigenvalue weighted by Gasteiger charge is 2.13. The van der Waals surface area contributed by atoms with E-state index in [1.807, 2.05) is 192 Å². The fourth-order valence-corrected chi connectivity index (χ4v) is 7.76. The molecule has 0 amide bonds. The Morgan fingerprint density at radius 1 is 0.231 bits per heavy atom. The molecular formula is C64H136N40. The van der Waals surface area contributed by atoms with Gasteiger partial charge in [0.25, 0.3) is 0 Å². The maximum absolute atomic E-state index is 4.37. The molecule has 0 aliphatic carbocycles. The first-order valence-electron chi connectivity index (χ1n) is 36.1. The average Bonchev–Trinajstić information content (AvgIpc) is 1.75. The molecule has 40 nitrogen and oxygen atoms in total. The van der Waals surface area contributed by atoms with Gasteiger partial charge in [0.15, 0.2) is 0 Å². The van der Waals surface area contributed by atoms with E-state index in [0.717, 1.165) is 137 Å². The molecule has 0 aliphatic heterocycles. The van der Waals surface area contributed by atoms with Crippen molar-refractivity contribution in [2.24, 2.45) is 0 Å². The minimum absolute atomic E-state index is 0.695. The number of hydrogen-bond acceptors (Lipinski definition) is 32. The largest absolute Gasteiger partial charge is 0.355 e. The summed E-state index contributed by atoms with van der Waals surface area (Å²) in [6.07, 6.45) is 14.3. The van der Waals surface area contributed by atoms with Crippen molar-refractivity contribution in [2.45, 2.75) is 132 Å². The van der Waals surface area contributed by atoms with Gasteiger partial charge in [-0.05, 0) is 52.4 Å². The summed E-state index contributed by atoms with van der Waals surface area (Å²) in [4.78, 5) is 57.3. The van der Waals surface area contributed by atoms with Gasteiger partial charge in [0.2, 0.25) is 95.2 Å². The number of aromatic amines is 8. The summed E-state index contributed by atoms with van der Waals surface area (Å²) in [6.45, 7) is 24.7. The highest BCUT2D eigenvalue weighted by Crippen LogP contribution is 2.15. The molecule has 12 N–H and O–H groups in total. The lowest BCUT2D eigenvalue weighted by Crippen LogP contribution is -2.20. The Morgan fingerprint density at radius 2 is 0.490 bits per heavy atom. The zero-order valence-electron chi connectivity index (χ0n) is 68.7. The van der Waals surface area contributed by atoms with E-state index in [-0.39, 0.29) is 0 Å². The molecule has 8 heterocycles. The molecule has 0 aliphatic rings. The molecule has 0 saturated heterocycles. The van der Waals surface area contributed by atoms with Gasteiger partial charge in [-0.15, -0.1) is 40.8 Å². The summed E-state index contributed by atoms with van der Waals surface area (Å²) in [6, 6.07) is 0. The Hall–Kier alpha value is -10.1. The molecule has 0 saturated carbocycles. The van der Waals surface area contributed by atoms with Crippen LogP contribution in [0.15, 0.2) is 0 Å². The van der Waals surface area contributed by atoms with E-state index in [2.05, 4.69) is 206 Å². The third-order valence-electron chi connectivity index (χ3n) is 14.1. The van der Waals surface area contributed by atoms with Crippen LogP contribution in [0.1, 0.15) is 132 Å². The van der Waals surface area contributed by atoms with Crippen molar-refractivity contribution in [2.75, 3.05) is 273 Å². The van der Waals surface area contributed by atoms with Crippen molar-refractivity contribution in [1.29, 1.82) is 0 Å². The normalized spacial score (nSPS) is 10.1. The first kappa shape index (κ1) is 91.9. The van der Waals surface area contributed by atoms with Crippen LogP contribution in [0, 0.1) is 0 Å². The summed E-state index contributed by atoms with van der Waals surface area (Å²) in [5.74, 6) is 12.0. The zero-order valence-corrected chi connectivity index (χ0v) is 68.7. The molecule has 0 unspecified atom stereocenters. The second kappa shape index (κ2) is 52.8. The van der Waals surface area contributed by atoms with E-state index in [0.29, 0.717) is 29.7 Å². The molecule has 0 spiro atoms. The Morgan fingerprint density at radius 3 is 0.760 bits per heavy atom. The van der Waals surface area contributed by atoms with Crippen LogP contribution < -0.4 is 80.1 Å². The molecular weight excluding hydrogens is 1330 g/mol. The zero-order chi connectivity index (χ0) is 78.1. The lowest BCUT2D eigenvalue weighted by Gasteiger charge is -2.14. The van der Waals surface area contributed by atoms with Crippen molar-refractivity contribution in [3.63, 3.8) is 0 Å². The lowest BCUT2D eigenvalue weighted by molar-refractivity contribution is 0.697. The van der Waals surface area contributed by atoms with Gasteiger partial charge in [0.1, 0.15) is 0 Å². The molecule has 0 radical (unpaired) electrons. The summed E-state index contributed by atoms with van der Waals surface area (Å²) < 4.78 is 0. The second-order valence-electron chi connectivity index (χ2n) is 25.6. The number of aromatic nitrogens is 24. The fraction of sp³-hybridized carbons (Fsp3) is 0.750. The van der Waals surface area contributed by atoms with Crippen LogP contribution in [0.4, 0.5) is 95.2 Å². The Balaban J connectivity index is 0.000000595. The first-order valence-corrected chi connectivity index (χ1v) is 36.1. The van der Waals surface area contributed by atoms with Crippen LogP contribution in [0.3, 0.4) is 0 Å². The van der Waals surface area contributed by atoms with Crippen molar-refractivity contribution in [1.82, 2.24) is 121 Å². The van der Waals surface area contributed by atoms with Gasteiger partial charge in [0.05, 0.1) is 0 Å². The van der Waals surface area contributed by atoms with E-state index in [9.17, 15) is 0 Å². The first-order chi connectivity index (χ1) is 49.5. The molecule has 0 bridgehead atoms. The van der Waals surface area contributed by atoms with E-state index in [4.69, 9.17) is 0 Å². The van der Waals surface area contributed by atoms with Crippen LogP contribution in [0.25, 0.3) is 0 Å². The van der Waals surface area contributed by atoms with Crippen LogP contribution >= 0.6 is 0 Å². The van der Waals surface area contributed by atoms with Crippen LogP contribution in [0.2, 0.25) is 0 Å². The summed E-state index contributed by atoms with van der Waals surface area (Å²) in [5, 5.41) is 67.7. The number of nitrogens with zero attached hydrogens (tertiary/aromatic N) is 28. The summed E-state index contributed by atoms with van der Waals surface area (Å²) in [5.41, 5.74) is 0. The predicted octanol–water partition coefficient (Wildman–Crippen LogP) is 7.20. The Labute approximate surface area is 620 Å². The van der Waals surface area contributed by atoms with Gasteiger partial charge < -0.3 is 80.1 Å². The van der Waals surface area contributed by atoms with Crippen molar-refractivity contribution < 1.29 is 0 Å². The van der Waals surface area contributed by atoms with Crippen LogP contribution in [-0.4, -0.2) is 315 Å². The van der Waals surface area contributed by atoms with E-state index >= 15 is 0 Å². The summed E-state index contributed by atoms with van der Waals surface area (Å²) in [7, 11) is 38.7. The standard InChI is InChI=1S/C10H21N5.2C9H19N5.2C8H17N5.2C7H15N5.C6H13N5/c1-5-6-7-8-15(4)10-11-9(12-13-10)14(2)3;1-5-6-7-14(4)9-10-8(11-12-9)13(2)3;1-4-5-6-7-10-8-11-9(13-12-8)14(2)3;1-5-6-13(4)8-9-7(10-11-8)12(2)3;1-4-5-6-9-7-10-8(12-11-7)13(2)3;1-5-12(4)7-8-6(9-10-7)11(2)3;1-4-5-8-6-9-7(11-10-6)12(2)3;1-4-7-5-8-6(10-9-5)11(2)3/h5-8H2,1-4H3,(H,11,12,13);5-7H2,1-4H3,(H,10,11,12);4-7H2,1-3H3,(H2,10,11,12,13);5-6H2,1-4H3,(H,9,10,11);4-6H2,1-3H3,(H2,9,10,11,12);5H2,1-4H3,(H,8,9,10);4-5H2,1-3H3,(H2,8,9,10,11);4H2,1-3H3,(H2,7,8,9,10). The monoisotopic (exact) mass is 1470 g/mol. The van der Waals surface area contributed by atoms with E-state index < -0.39 is 0 Å². The maximum Gasteiger partial charge on any atom is 0.245 e. The van der Waals surface area contributed by atoms with Gasteiger partial charge in [-0.1, -0.05) is 80.1 Å². The molecule has 0 fully saturated rings. The Kier molecular flexibility index (Phi) is 46.7. The molecule has 0 atom stereocenters. The highest BCUT2D eigenvalue weighted by atomic mass is 15.5. The number of H-pyrrole nitrogens is 8. The van der Waals surface area contributed by atoms with E-state index in [1.54, 1.807) is 0 Å². The third kappa shape index (κ3) is 37.7. The molecule has 8 rings (SSSR count).